The van der Waals surface area contributed by atoms with Crippen LogP contribution in [0.4, 0.5) is 13.2 Å². The van der Waals surface area contributed by atoms with Gasteiger partial charge in [-0.1, -0.05) is 23.8 Å². The van der Waals surface area contributed by atoms with Crippen LogP contribution in [0.5, 0.6) is 11.5 Å². The number of benzene rings is 2. The molecule has 5 heteroatoms. The average molecular weight is 295 g/mol. The summed E-state index contributed by atoms with van der Waals surface area (Å²) in [5.74, 6) is 0.171. The van der Waals surface area contributed by atoms with Crippen molar-refractivity contribution in [2.75, 3.05) is 6.54 Å². The van der Waals surface area contributed by atoms with Crippen LogP contribution in [0, 0.1) is 6.92 Å². The lowest BCUT2D eigenvalue weighted by atomic mass is 10.1. The third kappa shape index (κ3) is 3.98. The first-order valence-electron chi connectivity index (χ1n) is 6.55. The van der Waals surface area contributed by atoms with Crippen molar-refractivity contribution in [1.82, 2.24) is 0 Å². The molecule has 0 saturated carbocycles. The molecule has 0 atom stereocenters. The molecule has 0 unspecified atom stereocenters. The van der Waals surface area contributed by atoms with Gasteiger partial charge in [0.1, 0.15) is 11.5 Å². The Kier molecular flexibility index (Phi) is 4.53. The molecule has 0 bridgehead atoms. The minimum atomic E-state index is -4.47. The quantitative estimate of drug-likeness (QED) is 0.912. The zero-order valence-corrected chi connectivity index (χ0v) is 11.6. The van der Waals surface area contributed by atoms with Gasteiger partial charge in [-0.15, -0.1) is 0 Å². The first-order valence-corrected chi connectivity index (χ1v) is 6.55. The molecule has 0 saturated heterocycles. The number of hydrogen-bond donors (Lipinski definition) is 1. The van der Waals surface area contributed by atoms with Crippen LogP contribution in [-0.4, -0.2) is 6.54 Å². The number of alkyl halides is 3. The fourth-order valence-electron chi connectivity index (χ4n) is 1.94. The molecule has 0 radical (unpaired) electrons. The second-order valence-corrected chi connectivity index (χ2v) is 4.78. The Hall–Kier alpha value is -2.01. The fourth-order valence-corrected chi connectivity index (χ4v) is 1.94. The van der Waals surface area contributed by atoms with E-state index >= 15 is 0 Å². The number of halogens is 3. The topological polar surface area (TPSA) is 35.2 Å². The van der Waals surface area contributed by atoms with Crippen LogP contribution < -0.4 is 10.5 Å². The highest BCUT2D eigenvalue weighted by Crippen LogP contribution is 2.38. The van der Waals surface area contributed by atoms with Crippen molar-refractivity contribution in [2.45, 2.75) is 19.5 Å². The largest absolute Gasteiger partial charge is 0.457 e. The predicted octanol–water partition coefficient (Wildman–Crippen LogP) is 4.31. The summed E-state index contributed by atoms with van der Waals surface area (Å²) in [6, 6.07) is 10.9. The van der Waals surface area contributed by atoms with Crippen LogP contribution in [0.1, 0.15) is 16.7 Å². The van der Waals surface area contributed by atoms with Crippen LogP contribution in [0.15, 0.2) is 42.5 Å². The van der Waals surface area contributed by atoms with Crippen LogP contribution in [0.2, 0.25) is 0 Å². The van der Waals surface area contributed by atoms with E-state index in [0.717, 1.165) is 11.6 Å². The van der Waals surface area contributed by atoms with Gasteiger partial charge in [-0.05, 0) is 49.7 Å². The van der Waals surface area contributed by atoms with E-state index in [0.29, 0.717) is 24.3 Å². The highest BCUT2D eigenvalue weighted by molar-refractivity contribution is 5.42. The smallest absolute Gasteiger partial charge is 0.419 e. The molecule has 0 aliphatic carbocycles. The summed E-state index contributed by atoms with van der Waals surface area (Å²) in [4.78, 5) is 0. The van der Waals surface area contributed by atoms with E-state index in [1.807, 2.05) is 6.92 Å². The number of aryl methyl sites for hydroxylation is 1. The summed E-state index contributed by atoms with van der Waals surface area (Å²) in [5.41, 5.74) is 6.15. The Morgan fingerprint density at radius 3 is 2.29 bits per heavy atom. The van der Waals surface area contributed by atoms with Crippen molar-refractivity contribution in [3.63, 3.8) is 0 Å². The standard InChI is InChI=1S/C16H16F3NO/c1-11-2-5-13(6-3-11)21-15-7-4-12(8-9-20)10-14(15)16(17,18)19/h2-7,10H,8-9,20H2,1H3. The summed E-state index contributed by atoms with van der Waals surface area (Å²) in [5, 5.41) is 0. The number of rotatable bonds is 4. The zero-order valence-electron chi connectivity index (χ0n) is 11.6. The second kappa shape index (κ2) is 6.18. The highest BCUT2D eigenvalue weighted by atomic mass is 19.4. The Bertz CT molecular complexity index is 606. The molecule has 0 fully saturated rings. The van der Waals surface area contributed by atoms with E-state index in [4.69, 9.17) is 10.5 Å². The van der Waals surface area contributed by atoms with Crippen LogP contribution >= 0.6 is 0 Å². The van der Waals surface area contributed by atoms with Crippen LogP contribution in [-0.2, 0) is 12.6 Å². The van der Waals surface area contributed by atoms with Gasteiger partial charge in [0.2, 0.25) is 0 Å². The monoisotopic (exact) mass is 295 g/mol. The molecule has 2 nitrogen and oxygen atoms in total. The van der Waals surface area contributed by atoms with Gasteiger partial charge in [0, 0.05) is 0 Å². The van der Waals surface area contributed by atoms with Gasteiger partial charge in [-0.3, -0.25) is 0 Å². The molecule has 2 aromatic carbocycles. The molecule has 21 heavy (non-hydrogen) atoms. The van der Waals surface area contributed by atoms with Gasteiger partial charge in [0.25, 0.3) is 0 Å². The fraction of sp³-hybridized carbons (Fsp3) is 0.250. The lowest BCUT2D eigenvalue weighted by Gasteiger charge is -2.15. The Morgan fingerprint density at radius 1 is 1.05 bits per heavy atom. The summed E-state index contributed by atoms with van der Waals surface area (Å²) in [6.07, 6.45) is -4.07. The molecule has 2 aromatic rings. The van der Waals surface area contributed by atoms with E-state index < -0.39 is 11.7 Å². The van der Waals surface area contributed by atoms with E-state index in [1.165, 1.54) is 6.07 Å². The van der Waals surface area contributed by atoms with Gasteiger partial charge < -0.3 is 10.5 Å². The third-order valence-corrected chi connectivity index (χ3v) is 3.03. The maximum atomic E-state index is 13.1. The van der Waals surface area contributed by atoms with Gasteiger partial charge in [0.05, 0.1) is 5.56 Å². The summed E-state index contributed by atoms with van der Waals surface area (Å²) < 4.78 is 44.7. The molecule has 2 rings (SSSR count). The van der Waals surface area contributed by atoms with Crippen LogP contribution in [0.3, 0.4) is 0 Å². The minimum absolute atomic E-state index is 0.202. The van der Waals surface area contributed by atoms with Gasteiger partial charge in [0.15, 0.2) is 0 Å². The maximum absolute atomic E-state index is 13.1. The van der Waals surface area contributed by atoms with Crippen molar-refractivity contribution < 1.29 is 17.9 Å². The second-order valence-electron chi connectivity index (χ2n) is 4.78. The maximum Gasteiger partial charge on any atom is 0.419 e. The number of hydrogen-bond acceptors (Lipinski definition) is 2. The van der Waals surface area contributed by atoms with E-state index in [-0.39, 0.29) is 5.75 Å². The third-order valence-electron chi connectivity index (χ3n) is 3.03. The minimum Gasteiger partial charge on any atom is -0.457 e. The predicted molar refractivity (Wildman–Crippen MR) is 75.5 cm³/mol. The number of nitrogens with two attached hydrogens (primary N) is 1. The Morgan fingerprint density at radius 2 is 1.71 bits per heavy atom. The highest BCUT2D eigenvalue weighted by Gasteiger charge is 2.34. The summed E-state index contributed by atoms with van der Waals surface area (Å²) in [6.45, 7) is 2.20. The molecule has 0 amide bonds. The Balaban J connectivity index is 2.35. The van der Waals surface area contributed by atoms with Crippen molar-refractivity contribution in [3.05, 3.63) is 59.2 Å². The number of ether oxygens (including phenoxy) is 1. The molecule has 2 N–H and O–H groups in total. The summed E-state index contributed by atoms with van der Waals surface area (Å²) in [7, 11) is 0. The van der Waals surface area contributed by atoms with Gasteiger partial charge in [-0.2, -0.15) is 13.2 Å². The average Bonchev–Trinajstić information content (AvgIpc) is 2.42. The lowest BCUT2D eigenvalue weighted by Crippen LogP contribution is -2.09. The summed E-state index contributed by atoms with van der Waals surface area (Å²) >= 11 is 0. The van der Waals surface area contributed by atoms with Gasteiger partial charge >= 0.3 is 6.18 Å². The first kappa shape index (κ1) is 15.4. The molecule has 112 valence electrons. The van der Waals surface area contributed by atoms with E-state index in [9.17, 15) is 13.2 Å². The zero-order chi connectivity index (χ0) is 15.5. The molecule has 0 spiro atoms. The first-order chi connectivity index (χ1) is 9.90. The van der Waals surface area contributed by atoms with Crippen molar-refractivity contribution in [1.29, 1.82) is 0 Å². The Labute approximate surface area is 121 Å². The van der Waals surface area contributed by atoms with Crippen molar-refractivity contribution >= 4 is 0 Å². The van der Waals surface area contributed by atoms with Crippen molar-refractivity contribution in [3.8, 4) is 11.5 Å². The molecule has 0 heterocycles. The van der Waals surface area contributed by atoms with Crippen LogP contribution in [0.25, 0.3) is 0 Å². The molecular weight excluding hydrogens is 279 g/mol. The lowest BCUT2D eigenvalue weighted by molar-refractivity contribution is -0.138. The van der Waals surface area contributed by atoms with E-state index in [1.54, 1.807) is 30.3 Å². The SMILES string of the molecule is Cc1ccc(Oc2ccc(CCN)cc2C(F)(F)F)cc1. The van der Waals surface area contributed by atoms with E-state index in [2.05, 4.69) is 0 Å². The van der Waals surface area contributed by atoms with Crippen molar-refractivity contribution in [2.24, 2.45) is 5.73 Å². The molecular formula is C16H16F3NO. The molecule has 0 aliphatic heterocycles. The molecule has 0 aromatic heterocycles. The normalized spacial score (nSPS) is 11.5. The molecule has 0 aliphatic rings. The van der Waals surface area contributed by atoms with Gasteiger partial charge in [-0.25, -0.2) is 0 Å².